The van der Waals surface area contributed by atoms with Gasteiger partial charge in [0.1, 0.15) is 0 Å². The van der Waals surface area contributed by atoms with Crippen molar-refractivity contribution in [2.75, 3.05) is 0 Å². The molecule has 0 fully saturated rings. The molecule has 0 saturated heterocycles. The van der Waals surface area contributed by atoms with E-state index in [9.17, 15) is 10.5 Å². The van der Waals surface area contributed by atoms with Crippen molar-refractivity contribution >= 4 is 65.4 Å². The highest BCUT2D eigenvalue weighted by Gasteiger charge is 2.21. The Labute approximate surface area is 316 Å². The van der Waals surface area contributed by atoms with Crippen LogP contribution in [0.4, 0.5) is 0 Å². The number of nitrogens with zero attached hydrogens (tertiary/aromatic N) is 5. The average molecular weight is 700 g/mol. The highest BCUT2D eigenvalue weighted by atomic mass is 15.0. The maximum Gasteiger partial charge on any atom is 0.0992 e. The maximum absolute atomic E-state index is 10.5. The quantitative estimate of drug-likeness (QED) is 0.184. The van der Waals surface area contributed by atoms with Crippen LogP contribution in [0.15, 0.2) is 176 Å². The van der Waals surface area contributed by atoms with Crippen LogP contribution in [0.1, 0.15) is 11.1 Å². The summed E-state index contributed by atoms with van der Waals surface area (Å²) >= 11 is 0. The lowest BCUT2D eigenvalue weighted by Crippen LogP contribution is -2.00. The van der Waals surface area contributed by atoms with E-state index >= 15 is 0 Å². The molecule has 0 spiro atoms. The summed E-state index contributed by atoms with van der Waals surface area (Å²) in [6.07, 6.45) is 0. The number of nitriles is 2. The van der Waals surface area contributed by atoms with Gasteiger partial charge >= 0.3 is 0 Å². The fourth-order valence-electron chi connectivity index (χ4n) is 8.82. The monoisotopic (exact) mass is 699 g/mol. The van der Waals surface area contributed by atoms with E-state index in [1.807, 2.05) is 24.3 Å². The van der Waals surface area contributed by atoms with Gasteiger partial charge < -0.3 is 13.7 Å². The summed E-state index contributed by atoms with van der Waals surface area (Å²) in [6, 6.07) is 65.9. The minimum atomic E-state index is 0.585. The third-order valence-electron chi connectivity index (χ3n) is 11.1. The van der Waals surface area contributed by atoms with Gasteiger partial charge in [-0.3, -0.25) is 0 Å². The molecule has 0 N–H and O–H groups in total. The molecule has 3 aromatic heterocycles. The van der Waals surface area contributed by atoms with Crippen LogP contribution >= 0.6 is 0 Å². The lowest BCUT2D eigenvalue weighted by atomic mass is 10.00. The van der Waals surface area contributed by atoms with E-state index in [0.29, 0.717) is 11.1 Å². The molecule has 0 atom stereocenters. The van der Waals surface area contributed by atoms with Gasteiger partial charge in [-0.25, -0.2) is 0 Å². The van der Waals surface area contributed by atoms with Gasteiger partial charge in [-0.1, -0.05) is 97.1 Å². The molecule has 11 aromatic rings. The Morgan fingerprint density at radius 3 is 1.53 bits per heavy atom. The standard InChI is InChI=1S/C50H29N5/c51-30-32-24-25-47-41(28-32)39-15-4-9-20-45(39)55(47)49-23-11-22-48-50(49)40-16-5-10-21-46(40)53(48)35-27-33(31-52)26-34(29-35)36-12-1-6-17-42(36)54-43-18-7-2-13-37(43)38-14-3-8-19-44(38)54/h1-29H. The van der Waals surface area contributed by atoms with Gasteiger partial charge in [0.2, 0.25) is 0 Å². The van der Waals surface area contributed by atoms with Crippen LogP contribution in [0.3, 0.4) is 0 Å². The molecule has 0 aliphatic rings. The molecule has 0 aliphatic carbocycles. The summed E-state index contributed by atoms with van der Waals surface area (Å²) in [4.78, 5) is 0. The number of hydrogen-bond donors (Lipinski definition) is 0. The first-order valence-electron chi connectivity index (χ1n) is 18.3. The van der Waals surface area contributed by atoms with Crippen LogP contribution in [0, 0.1) is 22.7 Å². The largest absolute Gasteiger partial charge is 0.309 e. The molecule has 0 unspecified atom stereocenters. The van der Waals surface area contributed by atoms with E-state index in [0.717, 1.165) is 82.8 Å². The summed E-state index contributed by atoms with van der Waals surface area (Å²) in [5.41, 5.74) is 12.7. The number of fused-ring (bicyclic) bond motifs is 9. The predicted molar refractivity (Wildman–Crippen MR) is 224 cm³/mol. The third kappa shape index (κ3) is 4.45. The van der Waals surface area contributed by atoms with Gasteiger partial charge in [0.25, 0.3) is 0 Å². The van der Waals surface area contributed by atoms with Crippen LogP contribution in [0.2, 0.25) is 0 Å². The zero-order chi connectivity index (χ0) is 36.6. The van der Waals surface area contributed by atoms with E-state index < -0.39 is 0 Å². The summed E-state index contributed by atoms with van der Waals surface area (Å²) in [5, 5.41) is 27.0. The molecule has 254 valence electrons. The molecule has 0 amide bonds. The molecule has 0 bridgehead atoms. The summed E-state index contributed by atoms with van der Waals surface area (Å²) in [7, 11) is 0. The zero-order valence-corrected chi connectivity index (χ0v) is 29.5. The summed E-state index contributed by atoms with van der Waals surface area (Å²) < 4.78 is 6.96. The van der Waals surface area contributed by atoms with Crippen molar-refractivity contribution in [2.24, 2.45) is 0 Å². The van der Waals surface area contributed by atoms with E-state index in [2.05, 4.69) is 177 Å². The Bertz CT molecular complexity index is 3420. The molecule has 11 rings (SSSR count). The van der Waals surface area contributed by atoms with Crippen LogP contribution in [0.25, 0.3) is 93.6 Å². The number of benzene rings is 8. The van der Waals surface area contributed by atoms with Crippen molar-refractivity contribution in [3.8, 4) is 40.3 Å². The van der Waals surface area contributed by atoms with E-state index in [1.54, 1.807) is 0 Å². The third-order valence-corrected chi connectivity index (χ3v) is 11.1. The van der Waals surface area contributed by atoms with Gasteiger partial charge in [-0.15, -0.1) is 0 Å². The Kier molecular flexibility index (Phi) is 6.61. The molecule has 8 aromatic carbocycles. The Balaban J connectivity index is 1.18. The van der Waals surface area contributed by atoms with E-state index in [4.69, 9.17) is 0 Å². The van der Waals surface area contributed by atoms with Crippen LogP contribution in [-0.4, -0.2) is 13.7 Å². The van der Waals surface area contributed by atoms with Gasteiger partial charge in [-0.05, 0) is 84.4 Å². The molecular formula is C50H29N5. The van der Waals surface area contributed by atoms with Crippen molar-refractivity contribution in [2.45, 2.75) is 0 Å². The molecule has 5 heteroatoms. The summed E-state index contributed by atoms with van der Waals surface area (Å²) in [5.74, 6) is 0. The topological polar surface area (TPSA) is 62.4 Å². The summed E-state index contributed by atoms with van der Waals surface area (Å²) in [6.45, 7) is 0. The second-order valence-electron chi connectivity index (χ2n) is 14.0. The molecule has 55 heavy (non-hydrogen) atoms. The Morgan fingerprint density at radius 2 is 0.855 bits per heavy atom. The number of rotatable bonds is 4. The first-order valence-corrected chi connectivity index (χ1v) is 18.3. The lowest BCUT2D eigenvalue weighted by Gasteiger charge is -2.16. The zero-order valence-electron chi connectivity index (χ0n) is 29.5. The van der Waals surface area contributed by atoms with Crippen LogP contribution in [-0.2, 0) is 0 Å². The van der Waals surface area contributed by atoms with Crippen molar-refractivity contribution < 1.29 is 0 Å². The van der Waals surface area contributed by atoms with Crippen LogP contribution in [0.5, 0.6) is 0 Å². The molecule has 0 radical (unpaired) electrons. The maximum atomic E-state index is 10.5. The van der Waals surface area contributed by atoms with Gasteiger partial charge in [-0.2, -0.15) is 10.5 Å². The molecule has 0 saturated carbocycles. The second-order valence-corrected chi connectivity index (χ2v) is 14.0. The molecule has 5 nitrogen and oxygen atoms in total. The number of para-hydroxylation sites is 5. The van der Waals surface area contributed by atoms with E-state index in [1.165, 1.54) is 10.8 Å². The SMILES string of the molecule is N#Cc1cc(-c2ccccc2-n2c3ccccc3c3ccccc32)cc(-n2c3ccccc3c3c(-n4c5ccccc5c5cc(C#N)ccc54)cccc32)c1. The van der Waals surface area contributed by atoms with E-state index in [-0.39, 0.29) is 0 Å². The molecule has 3 heterocycles. The average Bonchev–Trinajstić information content (AvgIpc) is 3.89. The van der Waals surface area contributed by atoms with Crippen molar-refractivity contribution in [1.29, 1.82) is 10.5 Å². The fraction of sp³-hybridized carbons (Fsp3) is 0. The minimum absolute atomic E-state index is 0.585. The molecular weight excluding hydrogens is 671 g/mol. The Hall–Kier alpha value is -7.86. The van der Waals surface area contributed by atoms with Gasteiger partial charge in [0.05, 0.1) is 67.7 Å². The predicted octanol–water partition coefficient (Wildman–Crippen LogP) is 12.4. The minimum Gasteiger partial charge on any atom is -0.309 e. The lowest BCUT2D eigenvalue weighted by molar-refractivity contribution is 1.16. The normalized spacial score (nSPS) is 11.6. The fourth-order valence-corrected chi connectivity index (χ4v) is 8.82. The highest BCUT2D eigenvalue weighted by molar-refractivity contribution is 6.17. The smallest absolute Gasteiger partial charge is 0.0992 e. The van der Waals surface area contributed by atoms with Crippen LogP contribution < -0.4 is 0 Å². The first-order chi connectivity index (χ1) is 27.2. The van der Waals surface area contributed by atoms with Gasteiger partial charge in [0.15, 0.2) is 0 Å². The second kappa shape index (κ2) is 11.8. The number of hydrogen-bond acceptors (Lipinski definition) is 2. The highest BCUT2D eigenvalue weighted by Crippen LogP contribution is 2.42. The van der Waals surface area contributed by atoms with Crippen molar-refractivity contribution in [3.05, 3.63) is 187 Å². The van der Waals surface area contributed by atoms with Crippen molar-refractivity contribution in [3.63, 3.8) is 0 Å². The first kappa shape index (κ1) is 30.7. The number of aromatic nitrogens is 3. The van der Waals surface area contributed by atoms with Gasteiger partial charge in [0, 0.05) is 43.6 Å². The Morgan fingerprint density at radius 1 is 0.345 bits per heavy atom. The molecule has 0 aliphatic heterocycles. The van der Waals surface area contributed by atoms with Crippen molar-refractivity contribution in [1.82, 2.24) is 13.7 Å².